The number of ether oxygens (including phenoxy) is 1. The molecule has 0 unspecified atom stereocenters. The molecule has 0 atom stereocenters. The van der Waals surface area contributed by atoms with Crippen molar-refractivity contribution in [3.8, 4) is 5.75 Å². The second-order valence-electron chi connectivity index (χ2n) is 5.18. The molecule has 0 aromatic heterocycles. The molecule has 0 fully saturated rings. The number of hydrogen-bond donors (Lipinski definition) is 1. The number of rotatable bonds is 7. The van der Waals surface area contributed by atoms with Crippen molar-refractivity contribution in [2.75, 3.05) is 6.26 Å². The van der Waals surface area contributed by atoms with Crippen LogP contribution in [0.2, 0.25) is 0 Å². The molecule has 0 bridgehead atoms. The molecule has 6 nitrogen and oxygen atoms in total. The van der Waals surface area contributed by atoms with E-state index in [9.17, 15) is 25.6 Å². The van der Waals surface area contributed by atoms with Crippen LogP contribution < -0.4 is 9.46 Å². The molecule has 0 aliphatic carbocycles. The van der Waals surface area contributed by atoms with E-state index in [1.54, 1.807) is 6.07 Å². The molecule has 0 saturated heterocycles. The zero-order valence-corrected chi connectivity index (χ0v) is 16.5. The van der Waals surface area contributed by atoms with Crippen LogP contribution in [0.1, 0.15) is 5.56 Å². The molecule has 0 amide bonds. The van der Waals surface area contributed by atoms with Gasteiger partial charge in [0.25, 0.3) is 0 Å². The van der Waals surface area contributed by atoms with Gasteiger partial charge in [-0.1, -0.05) is 18.2 Å². The van der Waals surface area contributed by atoms with E-state index in [-0.39, 0.29) is 32.1 Å². The number of hydrogen-bond acceptors (Lipinski definition) is 5. The molecule has 0 aliphatic rings. The average Bonchev–Trinajstić information content (AvgIpc) is 2.52. The molecule has 0 heterocycles. The minimum Gasteiger partial charge on any atom is -0.434 e. The van der Waals surface area contributed by atoms with Gasteiger partial charge in [-0.05, 0) is 40.2 Å². The first-order chi connectivity index (χ1) is 12.0. The van der Waals surface area contributed by atoms with Gasteiger partial charge in [-0.15, -0.1) is 0 Å². The van der Waals surface area contributed by atoms with E-state index < -0.39 is 26.5 Å². The van der Waals surface area contributed by atoms with Gasteiger partial charge in [0, 0.05) is 22.8 Å². The summed E-state index contributed by atoms with van der Waals surface area (Å²) in [5, 5.41) is 0. The summed E-state index contributed by atoms with van der Waals surface area (Å²) in [5.74, 6) is -0.158. The van der Waals surface area contributed by atoms with E-state index in [2.05, 4.69) is 25.4 Å². The highest BCUT2D eigenvalue weighted by atomic mass is 79.9. The number of sulfonamides is 1. The SMILES string of the molecule is CS(=O)(=O)c1ccc(Br)c(S(=O)(=O)NCc2ccccc2OC(F)F)c1. The Morgan fingerprint density at radius 1 is 1.12 bits per heavy atom. The fourth-order valence-corrected chi connectivity index (χ4v) is 4.75. The Bertz CT molecular complexity index is 1010. The molecule has 2 rings (SSSR count). The maximum Gasteiger partial charge on any atom is 0.387 e. The lowest BCUT2D eigenvalue weighted by molar-refractivity contribution is -0.0504. The molecular formula is C15H14BrF2NO5S2. The molecule has 0 saturated carbocycles. The molecule has 0 radical (unpaired) electrons. The Kier molecular flexibility index (Phi) is 6.37. The highest BCUT2D eigenvalue weighted by Gasteiger charge is 2.21. The average molecular weight is 470 g/mol. The Morgan fingerprint density at radius 3 is 2.38 bits per heavy atom. The van der Waals surface area contributed by atoms with Crippen LogP contribution in [-0.4, -0.2) is 29.7 Å². The Balaban J connectivity index is 2.31. The van der Waals surface area contributed by atoms with E-state index in [0.717, 1.165) is 12.3 Å². The summed E-state index contributed by atoms with van der Waals surface area (Å²) in [6.07, 6.45) is 0.956. The summed E-state index contributed by atoms with van der Waals surface area (Å²) in [7, 11) is -7.73. The third kappa shape index (κ3) is 5.22. The van der Waals surface area contributed by atoms with Crippen molar-refractivity contribution in [1.29, 1.82) is 0 Å². The van der Waals surface area contributed by atoms with Crippen LogP contribution in [0, 0.1) is 0 Å². The third-order valence-corrected chi connectivity index (χ3v) is 6.77. The van der Waals surface area contributed by atoms with Crippen LogP contribution in [0.5, 0.6) is 5.75 Å². The number of alkyl halides is 2. The normalized spacial score (nSPS) is 12.3. The monoisotopic (exact) mass is 469 g/mol. The van der Waals surface area contributed by atoms with Gasteiger partial charge >= 0.3 is 6.61 Å². The van der Waals surface area contributed by atoms with Crippen LogP contribution in [0.25, 0.3) is 0 Å². The Morgan fingerprint density at radius 2 is 1.77 bits per heavy atom. The van der Waals surface area contributed by atoms with Crippen molar-refractivity contribution in [2.45, 2.75) is 22.9 Å². The number of sulfone groups is 1. The zero-order valence-electron chi connectivity index (χ0n) is 13.3. The first kappa shape index (κ1) is 20.7. The van der Waals surface area contributed by atoms with E-state index >= 15 is 0 Å². The standard InChI is InChI=1S/C15H14BrF2NO5S2/c1-25(20,21)11-6-7-12(16)14(8-11)26(22,23)19-9-10-4-2-3-5-13(10)24-15(17)18/h2-8,15,19H,9H2,1H3. The van der Waals surface area contributed by atoms with Gasteiger partial charge in [-0.3, -0.25) is 0 Å². The van der Waals surface area contributed by atoms with Crippen molar-refractivity contribution < 1.29 is 30.4 Å². The first-order valence-corrected chi connectivity index (χ1v) is 11.2. The minimum absolute atomic E-state index is 0.158. The van der Waals surface area contributed by atoms with Gasteiger partial charge < -0.3 is 4.74 Å². The number of nitrogens with one attached hydrogen (secondary N) is 1. The predicted octanol–water partition coefficient (Wildman–Crippen LogP) is 2.93. The largest absolute Gasteiger partial charge is 0.434 e. The van der Waals surface area contributed by atoms with Crippen molar-refractivity contribution in [1.82, 2.24) is 4.72 Å². The summed E-state index contributed by atoms with van der Waals surface area (Å²) in [6.45, 7) is -3.37. The lowest BCUT2D eigenvalue weighted by atomic mass is 10.2. The van der Waals surface area contributed by atoms with Gasteiger partial charge in [-0.25, -0.2) is 21.6 Å². The first-order valence-electron chi connectivity index (χ1n) is 7.03. The molecule has 2 aromatic rings. The molecule has 0 aliphatic heterocycles. The summed E-state index contributed by atoms with van der Waals surface area (Å²) < 4.78 is 79.9. The summed E-state index contributed by atoms with van der Waals surface area (Å²) in [6, 6.07) is 9.33. The van der Waals surface area contributed by atoms with Gasteiger partial charge in [0.2, 0.25) is 10.0 Å². The molecule has 26 heavy (non-hydrogen) atoms. The van der Waals surface area contributed by atoms with Crippen LogP contribution >= 0.6 is 15.9 Å². The minimum atomic E-state index is -4.12. The van der Waals surface area contributed by atoms with Gasteiger partial charge in [0.15, 0.2) is 9.84 Å². The maximum atomic E-state index is 12.5. The molecular weight excluding hydrogens is 456 g/mol. The van der Waals surface area contributed by atoms with E-state index in [1.807, 2.05) is 0 Å². The van der Waals surface area contributed by atoms with Gasteiger partial charge in [-0.2, -0.15) is 8.78 Å². The quantitative estimate of drug-likeness (QED) is 0.673. The van der Waals surface area contributed by atoms with Crippen LogP contribution in [0.3, 0.4) is 0 Å². The molecule has 142 valence electrons. The van der Waals surface area contributed by atoms with Crippen LogP contribution in [0.15, 0.2) is 56.7 Å². The Labute approximate surface area is 158 Å². The van der Waals surface area contributed by atoms with Crippen molar-refractivity contribution in [3.05, 3.63) is 52.5 Å². The van der Waals surface area contributed by atoms with Crippen LogP contribution in [0.4, 0.5) is 8.78 Å². The number of para-hydroxylation sites is 1. The fraction of sp³-hybridized carbons (Fsp3) is 0.200. The second-order valence-corrected chi connectivity index (χ2v) is 9.78. The maximum absolute atomic E-state index is 12.5. The highest BCUT2D eigenvalue weighted by Crippen LogP contribution is 2.26. The van der Waals surface area contributed by atoms with E-state index in [0.29, 0.717) is 0 Å². The van der Waals surface area contributed by atoms with E-state index in [4.69, 9.17) is 0 Å². The van der Waals surface area contributed by atoms with Crippen molar-refractivity contribution in [3.63, 3.8) is 0 Å². The smallest absolute Gasteiger partial charge is 0.387 e. The molecule has 11 heteroatoms. The summed E-state index contributed by atoms with van der Waals surface area (Å²) >= 11 is 3.07. The number of halogens is 3. The molecule has 0 spiro atoms. The molecule has 1 N–H and O–H groups in total. The summed E-state index contributed by atoms with van der Waals surface area (Å²) in [5.41, 5.74) is 0.201. The summed E-state index contributed by atoms with van der Waals surface area (Å²) in [4.78, 5) is -0.449. The molecule has 2 aromatic carbocycles. The predicted molar refractivity (Wildman–Crippen MR) is 94.4 cm³/mol. The van der Waals surface area contributed by atoms with Crippen molar-refractivity contribution in [2.24, 2.45) is 0 Å². The van der Waals surface area contributed by atoms with Gasteiger partial charge in [0.05, 0.1) is 9.79 Å². The number of benzene rings is 2. The lowest BCUT2D eigenvalue weighted by Gasteiger charge is -2.13. The second kappa shape index (κ2) is 7.99. The topological polar surface area (TPSA) is 89.5 Å². The highest BCUT2D eigenvalue weighted by molar-refractivity contribution is 9.10. The lowest BCUT2D eigenvalue weighted by Crippen LogP contribution is -2.24. The van der Waals surface area contributed by atoms with Crippen molar-refractivity contribution >= 4 is 35.8 Å². The van der Waals surface area contributed by atoms with Gasteiger partial charge in [0.1, 0.15) is 5.75 Å². The van der Waals surface area contributed by atoms with Crippen LogP contribution in [-0.2, 0) is 26.4 Å². The fourth-order valence-electron chi connectivity index (χ4n) is 2.03. The van der Waals surface area contributed by atoms with E-state index in [1.165, 1.54) is 30.3 Å². The third-order valence-electron chi connectivity index (χ3n) is 3.26. The Hall–Kier alpha value is -1.56. The zero-order chi connectivity index (χ0) is 19.5.